The van der Waals surface area contributed by atoms with Gasteiger partial charge in [0.25, 0.3) is 0 Å². The summed E-state index contributed by atoms with van der Waals surface area (Å²) in [5.74, 6) is 0. The van der Waals surface area contributed by atoms with Crippen molar-refractivity contribution >= 4 is 89.2 Å². The summed E-state index contributed by atoms with van der Waals surface area (Å²) in [4.78, 5) is 2.49. The van der Waals surface area contributed by atoms with Crippen molar-refractivity contribution in [2.75, 3.05) is 4.90 Å². The van der Waals surface area contributed by atoms with Gasteiger partial charge >= 0.3 is 0 Å². The summed E-state index contributed by atoms with van der Waals surface area (Å²) in [5, 5.41) is 13.3. The van der Waals surface area contributed by atoms with Gasteiger partial charge in [-0.25, -0.2) is 0 Å². The van der Waals surface area contributed by atoms with Crippen molar-refractivity contribution in [3.63, 3.8) is 0 Å². The van der Waals surface area contributed by atoms with Crippen molar-refractivity contribution in [3.05, 3.63) is 242 Å². The van der Waals surface area contributed by atoms with Crippen molar-refractivity contribution in [2.24, 2.45) is 0 Å². The van der Waals surface area contributed by atoms with Crippen molar-refractivity contribution in [3.8, 4) is 5.69 Å². The number of nitrogens with zero attached hydrogens (tertiary/aromatic N) is 2. The normalized spacial score (nSPS) is 13.1. The zero-order valence-electron chi connectivity index (χ0n) is 34.8. The average Bonchev–Trinajstić information content (AvgIpc) is 3.79. The standard InChI is InChI=1S/C59H44N2Si/c1-59(2)53-28-17-18-41-30-31-42-38-46(40-54(59)58(42)57(41)53)60(45-34-37-56-52(39-45)51-27-15-16-29-55(51)61(56)43-19-7-3-8-20-43)44-32-35-50(36-33-44)62(47-21-9-4-10-22-47,48-23-11-5-12-24-48)49-25-13-6-14-26-49/h3-40H,1-2H3. The minimum atomic E-state index is -2.72. The fraction of sp³-hybridized carbons (Fsp3) is 0.0508. The van der Waals surface area contributed by atoms with Crippen LogP contribution in [0.1, 0.15) is 25.0 Å². The predicted molar refractivity (Wildman–Crippen MR) is 266 cm³/mol. The van der Waals surface area contributed by atoms with Crippen LogP contribution in [0.3, 0.4) is 0 Å². The van der Waals surface area contributed by atoms with Gasteiger partial charge in [-0.1, -0.05) is 184 Å². The summed E-state index contributed by atoms with van der Waals surface area (Å²) in [6.07, 6.45) is 0. The fourth-order valence-corrected chi connectivity index (χ4v) is 15.6. The zero-order valence-corrected chi connectivity index (χ0v) is 35.8. The molecule has 0 atom stereocenters. The van der Waals surface area contributed by atoms with Crippen LogP contribution < -0.4 is 25.6 Å². The lowest BCUT2D eigenvalue weighted by atomic mass is 9.81. The maximum atomic E-state index is 2.49. The van der Waals surface area contributed by atoms with Crippen LogP contribution in [0.5, 0.6) is 0 Å². The lowest BCUT2D eigenvalue weighted by molar-refractivity contribution is 0.663. The lowest BCUT2D eigenvalue weighted by Gasteiger charge is -2.35. The number of benzene rings is 10. The molecular formula is C59H44N2Si. The Hall–Kier alpha value is -7.46. The molecule has 0 unspecified atom stereocenters. The molecule has 0 amide bonds. The summed E-state index contributed by atoms with van der Waals surface area (Å²) in [7, 11) is -2.72. The first-order valence-electron chi connectivity index (χ1n) is 21.7. The molecule has 3 heteroatoms. The molecule has 0 aliphatic heterocycles. The second-order valence-corrected chi connectivity index (χ2v) is 21.1. The van der Waals surface area contributed by atoms with Gasteiger partial charge in [-0.2, -0.15) is 0 Å². The van der Waals surface area contributed by atoms with Crippen LogP contribution in [0.4, 0.5) is 17.1 Å². The van der Waals surface area contributed by atoms with Gasteiger partial charge in [0.05, 0.1) is 11.0 Å². The van der Waals surface area contributed by atoms with Gasteiger partial charge in [-0.3, -0.25) is 0 Å². The van der Waals surface area contributed by atoms with E-state index in [1.54, 1.807) is 0 Å². The number of hydrogen-bond acceptors (Lipinski definition) is 1. The molecule has 0 saturated heterocycles. The van der Waals surface area contributed by atoms with E-state index in [2.05, 4.69) is 254 Å². The van der Waals surface area contributed by atoms with Crippen LogP contribution in [-0.2, 0) is 5.41 Å². The van der Waals surface area contributed by atoms with Crippen LogP contribution in [0, 0.1) is 0 Å². The van der Waals surface area contributed by atoms with Gasteiger partial charge in [-0.15, -0.1) is 0 Å². The second-order valence-electron chi connectivity index (χ2n) is 17.3. The Kier molecular flexibility index (Phi) is 8.25. The van der Waals surface area contributed by atoms with Crippen molar-refractivity contribution in [2.45, 2.75) is 19.3 Å². The van der Waals surface area contributed by atoms with Gasteiger partial charge in [0.15, 0.2) is 8.07 Å². The van der Waals surface area contributed by atoms with E-state index >= 15 is 0 Å². The second kappa shape index (κ2) is 14.1. The van der Waals surface area contributed by atoms with Gasteiger partial charge < -0.3 is 9.47 Å². The number of fused-ring (bicyclic) bond motifs is 3. The minimum Gasteiger partial charge on any atom is -0.310 e. The average molecular weight is 809 g/mol. The Labute approximate surface area is 363 Å². The molecular weight excluding hydrogens is 765 g/mol. The van der Waals surface area contributed by atoms with Crippen molar-refractivity contribution < 1.29 is 0 Å². The molecule has 12 rings (SSSR count). The Bertz CT molecular complexity index is 3370. The highest BCUT2D eigenvalue weighted by atomic mass is 28.3. The van der Waals surface area contributed by atoms with E-state index in [-0.39, 0.29) is 5.41 Å². The molecule has 1 aromatic heterocycles. The topological polar surface area (TPSA) is 8.17 Å². The SMILES string of the molecule is CC1(C)c2cccc3ccc4cc(N(c5ccc([Si](c6ccccc6)(c6ccccc6)c6ccccc6)cc5)c5ccc6c(c5)c5ccccc5n6-c5ccccc5)cc1c4c23. The lowest BCUT2D eigenvalue weighted by Crippen LogP contribution is -2.74. The molecule has 294 valence electrons. The molecule has 1 heterocycles. The summed E-state index contributed by atoms with van der Waals surface area (Å²) < 4.78 is 2.40. The van der Waals surface area contributed by atoms with Crippen LogP contribution in [0.25, 0.3) is 49.0 Å². The van der Waals surface area contributed by atoms with E-state index in [0.717, 1.165) is 22.7 Å². The van der Waals surface area contributed by atoms with Crippen molar-refractivity contribution in [1.82, 2.24) is 4.57 Å². The first-order chi connectivity index (χ1) is 30.5. The summed E-state index contributed by atoms with van der Waals surface area (Å²) in [5.41, 5.74) is 9.60. The zero-order chi connectivity index (χ0) is 41.4. The van der Waals surface area contributed by atoms with Gasteiger partial charge in [0, 0.05) is 38.9 Å². The van der Waals surface area contributed by atoms with Gasteiger partial charge in [0.1, 0.15) is 0 Å². The molecule has 0 radical (unpaired) electrons. The third kappa shape index (κ3) is 5.35. The molecule has 11 aromatic rings. The molecule has 2 nitrogen and oxygen atoms in total. The third-order valence-electron chi connectivity index (χ3n) is 13.7. The monoisotopic (exact) mass is 808 g/mol. The molecule has 1 aliphatic rings. The number of para-hydroxylation sites is 2. The molecule has 0 spiro atoms. The number of anilines is 3. The van der Waals surface area contributed by atoms with Gasteiger partial charge in [-0.05, 0) is 114 Å². The highest BCUT2D eigenvalue weighted by Crippen LogP contribution is 2.51. The molecule has 10 aromatic carbocycles. The summed E-state index contributed by atoms with van der Waals surface area (Å²) in [6.45, 7) is 4.79. The molecule has 0 bridgehead atoms. The number of rotatable bonds is 8. The minimum absolute atomic E-state index is 0.147. The molecule has 0 N–H and O–H groups in total. The number of hydrogen-bond donors (Lipinski definition) is 0. The highest BCUT2D eigenvalue weighted by Gasteiger charge is 2.41. The van der Waals surface area contributed by atoms with Crippen molar-refractivity contribution in [1.29, 1.82) is 0 Å². The van der Waals surface area contributed by atoms with E-state index in [0.29, 0.717) is 0 Å². The Morgan fingerprint density at radius 3 is 1.56 bits per heavy atom. The van der Waals surface area contributed by atoms with E-state index in [4.69, 9.17) is 0 Å². The number of aromatic nitrogens is 1. The van der Waals surface area contributed by atoms with E-state index in [1.807, 2.05) is 0 Å². The Morgan fingerprint density at radius 1 is 0.371 bits per heavy atom. The first-order valence-corrected chi connectivity index (χ1v) is 23.7. The van der Waals surface area contributed by atoms with E-state index < -0.39 is 8.07 Å². The molecule has 0 saturated carbocycles. The largest absolute Gasteiger partial charge is 0.310 e. The molecule has 62 heavy (non-hydrogen) atoms. The highest BCUT2D eigenvalue weighted by molar-refractivity contribution is 7.19. The third-order valence-corrected chi connectivity index (χ3v) is 18.5. The van der Waals surface area contributed by atoms with Crippen LogP contribution in [-0.4, -0.2) is 12.6 Å². The quantitative estimate of drug-likeness (QED) is 0.0843. The first kappa shape index (κ1) is 36.4. The Balaban J connectivity index is 1.10. The van der Waals surface area contributed by atoms with Crippen LogP contribution >= 0.6 is 0 Å². The van der Waals surface area contributed by atoms with Gasteiger partial charge in [0.2, 0.25) is 0 Å². The maximum absolute atomic E-state index is 2.72. The van der Waals surface area contributed by atoms with Crippen LogP contribution in [0.15, 0.2) is 231 Å². The maximum Gasteiger partial charge on any atom is 0.179 e. The molecule has 0 fully saturated rings. The molecule has 1 aliphatic carbocycles. The Morgan fingerprint density at radius 2 is 0.903 bits per heavy atom. The smallest absolute Gasteiger partial charge is 0.179 e. The predicted octanol–water partition coefficient (Wildman–Crippen LogP) is 12.6. The van der Waals surface area contributed by atoms with E-state index in [9.17, 15) is 0 Å². The van der Waals surface area contributed by atoms with Crippen LogP contribution in [0.2, 0.25) is 0 Å². The summed E-state index contributed by atoms with van der Waals surface area (Å²) >= 11 is 0. The van der Waals surface area contributed by atoms with E-state index in [1.165, 1.54) is 75.2 Å². The summed E-state index contributed by atoms with van der Waals surface area (Å²) in [6, 6.07) is 86.1. The fourth-order valence-electron chi connectivity index (χ4n) is 10.8.